The number of imidazole rings is 1. The van der Waals surface area contributed by atoms with Crippen molar-refractivity contribution in [1.82, 2.24) is 9.55 Å². The minimum Gasteiger partial charge on any atom is -0.493 e. The maximum Gasteiger partial charge on any atom is 0.161 e. The molecule has 0 spiro atoms. The fourth-order valence-corrected chi connectivity index (χ4v) is 2.29. The zero-order valence-electron chi connectivity index (χ0n) is 14.1. The second-order valence-electron chi connectivity index (χ2n) is 5.44. The van der Waals surface area contributed by atoms with Crippen LogP contribution in [0, 0.1) is 13.8 Å². The smallest absolute Gasteiger partial charge is 0.161 e. The van der Waals surface area contributed by atoms with E-state index in [9.17, 15) is 5.11 Å². The average molecular weight is 316 g/mol. The molecule has 23 heavy (non-hydrogen) atoms. The molecule has 0 saturated carbocycles. The van der Waals surface area contributed by atoms with Gasteiger partial charge in [-0.25, -0.2) is 4.98 Å². The molecule has 1 N–H and O–H groups in total. The third-order valence-electron chi connectivity index (χ3n) is 3.73. The van der Waals surface area contributed by atoms with Gasteiger partial charge in [-0.2, -0.15) is 0 Å². The molecule has 124 valence electrons. The molecule has 1 unspecified atom stereocenters. The predicted octanol–water partition coefficient (Wildman–Crippen LogP) is 2.98. The van der Waals surface area contributed by atoms with Crippen LogP contribution < -0.4 is 9.47 Å². The van der Waals surface area contributed by atoms with Gasteiger partial charge < -0.3 is 19.1 Å². The number of aromatic nitrogens is 2. The molecule has 0 aliphatic rings. The maximum absolute atomic E-state index is 10.2. The minimum atomic E-state index is -0.623. The van der Waals surface area contributed by atoms with Gasteiger partial charge in [0.2, 0.25) is 0 Å². The second kappa shape index (κ2) is 7.83. The summed E-state index contributed by atoms with van der Waals surface area (Å²) < 4.78 is 13.0. The van der Waals surface area contributed by atoms with Crippen LogP contribution in [-0.2, 0) is 6.54 Å². The van der Waals surface area contributed by atoms with Crippen molar-refractivity contribution in [1.29, 1.82) is 0 Å². The minimum absolute atomic E-state index is 0.190. The average Bonchev–Trinajstić information content (AvgIpc) is 2.86. The number of aliphatic hydroxyl groups excluding tert-OH is 1. The van der Waals surface area contributed by atoms with Crippen molar-refractivity contribution in [2.75, 3.05) is 13.7 Å². The lowest BCUT2D eigenvalue weighted by molar-refractivity contribution is 0.0905. The summed E-state index contributed by atoms with van der Waals surface area (Å²) in [7, 11) is 1.61. The van der Waals surface area contributed by atoms with Gasteiger partial charge in [-0.1, -0.05) is 18.2 Å². The molecule has 0 saturated heterocycles. The summed E-state index contributed by atoms with van der Waals surface area (Å²) in [5.74, 6) is 1.28. The van der Waals surface area contributed by atoms with Crippen molar-refractivity contribution >= 4 is 6.08 Å². The molecule has 1 aromatic carbocycles. The highest BCUT2D eigenvalue weighted by Gasteiger charge is 2.11. The Kier molecular flexibility index (Phi) is 5.82. The fourth-order valence-electron chi connectivity index (χ4n) is 2.29. The number of hydrogen-bond donors (Lipinski definition) is 1. The van der Waals surface area contributed by atoms with Gasteiger partial charge in [0, 0.05) is 5.69 Å². The van der Waals surface area contributed by atoms with Crippen LogP contribution in [0.5, 0.6) is 11.5 Å². The Morgan fingerprint density at radius 1 is 1.30 bits per heavy atom. The van der Waals surface area contributed by atoms with Crippen LogP contribution in [0.25, 0.3) is 6.08 Å². The number of methoxy groups -OCH3 is 1. The Balaban J connectivity index is 1.98. The first-order valence-electron chi connectivity index (χ1n) is 7.65. The second-order valence-corrected chi connectivity index (χ2v) is 5.44. The molecule has 0 aliphatic heterocycles. The number of aliphatic hydroxyl groups is 1. The van der Waals surface area contributed by atoms with Gasteiger partial charge in [-0.15, -0.1) is 0 Å². The predicted molar refractivity (Wildman–Crippen MR) is 90.9 cm³/mol. The summed E-state index contributed by atoms with van der Waals surface area (Å²) in [5, 5.41) is 10.2. The van der Waals surface area contributed by atoms with Crippen LogP contribution in [0.1, 0.15) is 23.9 Å². The molecule has 1 aromatic heterocycles. The van der Waals surface area contributed by atoms with E-state index < -0.39 is 6.10 Å². The van der Waals surface area contributed by atoms with E-state index in [2.05, 4.69) is 4.98 Å². The lowest BCUT2D eigenvalue weighted by Crippen LogP contribution is -2.24. The van der Waals surface area contributed by atoms with E-state index in [4.69, 9.17) is 9.47 Å². The van der Waals surface area contributed by atoms with Crippen LogP contribution in [0.4, 0.5) is 0 Å². The van der Waals surface area contributed by atoms with Crippen LogP contribution in [0.3, 0.4) is 0 Å². The SMILES string of the molecule is CC=Cc1ccc(OCC(O)Cn2cnc(C)c2C)c(OC)c1. The molecule has 1 heterocycles. The van der Waals surface area contributed by atoms with Gasteiger partial charge in [0.05, 0.1) is 25.7 Å². The first-order valence-corrected chi connectivity index (χ1v) is 7.65. The highest BCUT2D eigenvalue weighted by atomic mass is 16.5. The maximum atomic E-state index is 10.2. The van der Waals surface area contributed by atoms with E-state index >= 15 is 0 Å². The van der Waals surface area contributed by atoms with E-state index in [1.54, 1.807) is 13.4 Å². The van der Waals surface area contributed by atoms with E-state index in [-0.39, 0.29) is 6.61 Å². The third-order valence-corrected chi connectivity index (χ3v) is 3.73. The molecule has 5 nitrogen and oxygen atoms in total. The quantitative estimate of drug-likeness (QED) is 0.853. The number of benzene rings is 1. The van der Waals surface area contributed by atoms with Gasteiger partial charge in [-0.3, -0.25) is 0 Å². The van der Waals surface area contributed by atoms with Gasteiger partial charge in [0.25, 0.3) is 0 Å². The van der Waals surface area contributed by atoms with Crippen molar-refractivity contribution in [3.63, 3.8) is 0 Å². The highest BCUT2D eigenvalue weighted by molar-refractivity contribution is 5.55. The van der Waals surface area contributed by atoms with Crippen molar-refractivity contribution in [3.8, 4) is 11.5 Å². The normalized spacial score (nSPS) is 12.6. The zero-order valence-corrected chi connectivity index (χ0v) is 14.1. The molecule has 0 fully saturated rings. The highest BCUT2D eigenvalue weighted by Crippen LogP contribution is 2.28. The molecular formula is C18H24N2O3. The summed E-state index contributed by atoms with van der Waals surface area (Å²) in [5.41, 5.74) is 3.07. The summed E-state index contributed by atoms with van der Waals surface area (Å²) in [6.45, 7) is 6.54. The Morgan fingerprint density at radius 2 is 2.09 bits per heavy atom. The Bertz CT molecular complexity index is 677. The first-order chi connectivity index (χ1) is 11.0. The molecule has 0 aliphatic carbocycles. The number of allylic oxidation sites excluding steroid dienone is 1. The zero-order chi connectivity index (χ0) is 16.8. The third kappa shape index (κ3) is 4.36. The summed E-state index contributed by atoms with van der Waals surface area (Å²) >= 11 is 0. The van der Waals surface area contributed by atoms with Crippen LogP contribution >= 0.6 is 0 Å². The van der Waals surface area contributed by atoms with E-state index in [0.29, 0.717) is 18.0 Å². The van der Waals surface area contributed by atoms with Gasteiger partial charge in [0.1, 0.15) is 12.7 Å². The summed E-state index contributed by atoms with van der Waals surface area (Å²) in [6.07, 6.45) is 5.07. The summed E-state index contributed by atoms with van der Waals surface area (Å²) in [6, 6.07) is 5.71. The van der Waals surface area contributed by atoms with Crippen molar-refractivity contribution in [2.24, 2.45) is 0 Å². The largest absolute Gasteiger partial charge is 0.493 e. The van der Waals surface area contributed by atoms with Gasteiger partial charge >= 0.3 is 0 Å². The number of nitrogens with zero attached hydrogens (tertiary/aromatic N) is 2. The van der Waals surface area contributed by atoms with Gasteiger partial charge in [-0.05, 0) is 38.5 Å². The molecule has 5 heteroatoms. The Hall–Kier alpha value is -2.27. The number of rotatable bonds is 7. The van der Waals surface area contributed by atoms with Crippen molar-refractivity contribution in [2.45, 2.75) is 33.4 Å². The van der Waals surface area contributed by atoms with Crippen LogP contribution in [-0.4, -0.2) is 34.5 Å². The molecule has 0 bridgehead atoms. The van der Waals surface area contributed by atoms with Crippen molar-refractivity contribution in [3.05, 3.63) is 47.6 Å². The van der Waals surface area contributed by atoms with E-state index in [1.165, 1.54) is 0 Å². The van der Waals surface area contributed by atoms with Crippen LogP contribution in [0.15, 0.2) is 30.6 Å². The lowest BCUT2D eigenvalue weighted by Gasteiger charge is -2.16. The molecule has 0 amide bonds. The fraction of sp³-hybridized carbons (Fsp3) is 0.389. The van der Waals surface area contributed by atoms with E-state index in [0.717, 1.165) is 17.0 Å². The lowest BCUT2D eigenvalue weighted by atomic mass is 10.2. The Labute approximate surface area is 137 Å². The monoisotopic (exact) mass is 316 g/mol. The van der Waals surface area contributed by atoms with Crippen LogP contribution in [0.2, 0.25) is 0 Å². The van der Waals surface area contributed by atoms with Crippen molar-refractivity contribution < 1.29 is 14.6 Å². The molecule has 1 atom stereocenters. The topological polar surface area (TPSA) is 56.5 Å². The molecule has 2 aromatic rings. The number of aryl methyl sites for hydroxylation is 1. The summed E-state index contributed by atoms with van der Waals surface area (Å²) in [4.78, 5) is 4.23. The standard InChI is InChI=1S/C18H24N2O3/c1-5-6-15-7-8-17(18(9-15)22-4)23-11-16(21)10-20-12-19-13(2)14(20)3/h5-9,12,16,21H,10-11H2,1-4H3. The molecule has 0 radical (unpaired) electrons. The molecular weight excluding hydrogens is 292 g/mol. The number of ether oxygens (including phenoxy) is 2. The van der Waals surface area contributed by atoms with E-state index in [1.807, 2.05) is 55.7 Å². The van der Waals surface area contributed by atoms with Gasteiger partial charge in [0.15, 0.2) is 11.5 Å². The first kappa shape index (κ1) is 17.1. The number of hydrogen-bond acceptors (Lipinski definition) is 4. The Morgan fingerprint density at radius 3 is 2.70 bits per heavy atom. The molecule has 2 rings (SSSR count).